The Morgan fingerprint density at radius 1 is 1.07 bits per heavy atom. The van der Waals surface area contributed by atoms with Crippen LogP contribution in [0.1, 0.15) is 18.1 Å². The molecule has 2 rings (SSSR count). The number of carbonyl (C=O) groups excluding carboxylic acids is 1. The van der Waals surface area contributed by atoms with Crippen LogP contribution in [0.15, 0.2) is 36.4 Å². The summed E-state index contributed by atoms with van der Waals surface area (Å²) in [6.45, 7) is 1.91. The van der Waals surface area contributed by atoms with E-state index in [9.17, 15) is 4.79 Å². The summed E-state index contributed by atoms with van der Waals surface area (Å²) in [4.78, 5) is 12.2. The van der Waals surface area contributed by atoms with Crippen LogP contribution < -0.4 is 19.5 Å². The third-order valence-corrected chi connectivity index (χ3v) is 4.63. The van der Waals surface area contributed by atoms with Gasteiger partial charge in [-0.15, -0.1) is 0 Å². The van der Waals surface area contributed by atoms with Crippen LogP contribution in [0, 0.1) is 0 Å². The van der Waals surface area contributed by atoms with Crippen LogP contribution in [-0.2, 0) is 11.2 Å². The van der Waals surface area contributed by atoms with Gasteiger partial charge in [-0.25, -0.2) is 0 Å². The Morgan fingerprint density at radius 2 is 1.71 bits per heavy atom. The molecule has 28 heavy (non-hydrogen) atoms. The highest BCUT2D eigenvalue weighted by atomic mass is 35.5. The van der Waals surface area contributed by atoms with Crippen molar-refractivity contribution in [3.8, 4) is 17.2 Å². The zero-order valence-corrected chi connectivity index (χ0v) is 17.7. The molecule has 1 amide bonds. The number of methoxy groups -OCH3 is 3. The highest BCUT2D eigenvalue weighted by Gasteiger charge is 2.13. The number of hydrogen-bond acceptors (Lipinski definition) is 4. The van der Waals surface area contributed by atoms with E-state index in [0.29, 0.717) is 33.7 Å². The Bertz CT molecular complexity index is 842. The smallest absolute Gasteiger partial charge is 0.244 e. The maximum atomic E-state index is 12.2. The maximum Gasteiger partial charge on any atom is 0.244 e. The lowest BCUT2D eigenvalue weighted by molar-refractivity contribution is -0.117. The predicted molar refractivity (Wildman–Crippen MR) is 113 cm³/mol. The molecule has 1 atom stereocenters. The number of rotatable bonds is 8. The topological polar surface area (TPSA) is 56.8 Å². The van der Waals surface area contributed by atoms with E-state index in [4.69, 9.17) is 37.4 Å². The largest absolute Gasteiger partial charge is 0.493 e. The van der Waals surface area contributed by atoms with Crippen LogP contribution in [0.25, 0.3) is 6.08 Å². The molecule has 0 radical (unpaired) electrons. The summed E-state index contributed by atoms with van der Waals surface area (Å²) in [6.07, 6.45) is 3.74. The molecule has 150 valence electrons. The first-order valence-corrected chi connectivity index (χ1v) is 9.36. The van der Waals surface area contributed by atoms with Crippen molar-refractivity contribution >= 4 is 35.2 Å². The molecule has 0 aliphatic rings. The number of amides is 1. The molecule has 5 nitrogen and oxygen atoms in total. The van der Waals surface area contributed by atoms with E-state index in [0.717, 1.165) is 11.1 Å². The Kier molecular flexibility index (Phi) is 8.03. The number of benzene rings is 2. The molecule has 0 spiro atoms. The van der Waals surface area contributed by atoms with Crippen molar-refractivity contribution < 1.29 is 19.0 Å². The molecule has 0 saturated heterocycles. The lowest BCUT2D eigenvalue weighted by atomic mass is 10.1. The van der Waals surface area contributed by atoms with Crippen molar-refractivity contribution in [2.24, 2.45) is 0 Å². The average Bonchev–Trinajstić information content (AvgIpc) is 2.67. The van der Waals surface area contributed by atoms with Gasteiger partial charge in [0.1, 0.15) is 0 Å². The summed E-state index contributed by atoms with van der Waals surface area (Å²) in [5, 5.41) is 4.08. The standard InChI is InChI=1S/C21H23Cl2NO4/c1-13(9-15-6-7-16(22)12-17(15)23)24-20(25)8-5-14-10-18(26-2)21(28-4)19(11-14)27-3/h5-8,10-13H,9H2,1-4H3,(H,24,25). The van der Waals surface area contributed by atoms with Crippen LogP contribution in [0.5, 0.6) is 17.2 Å². The molecule has 1 N–H and O–H groups in total. The van der Waals surface area contributed by atoms with E-state index >= 15 is 0 Å². The normalized spacial score (nSPS) is 11.9. The lowest BCUT2D eigenvalue weighted by Gasteiger charge is -2.14. The van der Waals surface area contributed by atoms with Crippen LogP contribution in [0.3, 0.4) is 0 Å². The van der Waals surface area contributed by atoms with Gasteiger partial charge in [-0.2, -0.15) is 0 Å². The molecule has 0 aliphatic heterocycles. The highest BCUT2D eigenvalue weighted by molar-refractivity contribution is 6.35. The van der Waals surface area contributed by atoms with Crippen LogP contribution in [0.2, 0.25) is 10.0 Å². The molecular weight excluding hydrogens is 401 g/mol. The van der Waals surface area contributed by atoms with E-state index in [1.807, 2.05) is 13.0 Å². The zero-order chi connectivity index (χ0) is 20.7. The van der Waals surface area contributed by atoms with Gasteiger partial charge in [0.2, 0.25) is 11.7 Å². The maximum absolute atomic E-state index is 12.2. The molecule has 1 unspecified atom stereocenters. The summed E-state index contributed by atoms with van der Waals surface area (Å²) < 4.78 is 15.9. The van der Waals surface area contributed by atoms with E-state index in [1.165, 1.54) is 13.2 Å². The summed E-state index contributed by atoms with van der Waals surface area (Å²) in [7, 11) is 4.62. The van der Waals surface area contributed by atoms with Crippen LogP contribution >= 0.6 is 23.2 Å². The monoisotopic (exact) mass is 423 g/mol. The lowest BCUT2D eigenvalue weighted by Crippen LogP contribution is -2.32. The summed E-state index contributed by atoms with van der Waals surface area (Å²) >= 11 is 12.1. The van der Waals surface area contributed by atoms with Gasteiger partial charge < -0.3 is 19.5 Å². The molecule has 0 bridgehead atoms. The first-order chi connectivity index (χ1) is 13.4. The van der Waals surface area contributed by atoms with Crippen molar-refractivity contribution in [2.45, 2.75) is 19.4 Å². The molecule has 0 heterocycles. The van der Waals surface area contributed by atoms with Crippen molar-refractivity contribution in [1.82, 2.24) is 5.32 Å². The summed E-state index contributed by atoms with van der Waals surface area (Å²) in [5.74, 6) is 1.33. The number of nitrogens with one attached hydrogen (secondary N) is 1. The fourth-order valence-electron chi connectivity index (χ4n) is 2.73. The Morgan fingerprint density at radius 3 is 2.25 bits per heavy atom. The first-order valence-electron chi connectivity index (χ1n) is 8.60. The van der Waals surface area contributed by atoms with E-state index in [2.05, 4.69) is 5.32 Å². The Labute approximate surface area is 175 Å². The number of carbonyl (C=O) groups is 1. The molecule has 0 aromatic heterocycles. The number of hydrogen-bond donors (Lipinski definition) is 1. The van der Waals surface area contributed by atoms with Crippen molar-refractivity contribution in [1.29, 1.82) is 0 Å². The highest BCUT2D eigenvalue weighted by Crippen LogP contribution is 2.38. The second kappa shape index (κ2) is 10.2. The Balaban J connectivity index is 2.04. The van der Waals surface area contributed by atoms with E-state index in [-0.39, 0.29) is 11.9 Å². The molecule has 2 aromatic rings. The van der Waals surface area contributed by atoms with Gasteiger partial charge in [0.05, 0.1) is 21.3 Å². The second-order valence-electron chi connectivity index (χ2n) is 6.14. The number of ether oxygens (including phenoxy) is 3. The molecule has 7 heteroatoms. The summed E-state index contributed by atoms with van der Waals surface area (Å²) in [5.41, 5.74) is 1.67. The molecule has 2 aromatic carbocycles. The first kappa shape index (κ1) is 21.9. The average molecular weight is 424 g/mol. The summed E-state index contributed by atoms with van der Waals surface area (Å²) in [6, 6.07) is 8.76. The second-order valence-corrected chi connectivity index (χ2v) is 6.99. The minimum absolute atomic E-state index is 0.101. The number of halogens is 2. The van der Waals surface area contributed by atoms with Gasteiger partial charge in [0.25, 0.3) is 0 Å². The van der Waals surface area contributed by atoms with Gasteiger partial charge in [0, 0.05) is 22.2 Å². The molecule has 0 saturated carbocycles. The SMILES string of the molecule is COc1cc(C=CC(=O)NC(C)Cc2ccc(Cl)cc2Cl)cc(OC)c1OC. The van der Waals surface area contributed by atoms with Crippen LogP contribution in [-0.4, -0.2) is 33.3 Å². The molecule has 0 aliphatic carbocycles. The van der Waals surface area contributed by atoms with Crippen LogP contribution in [0.4, 0.5) is 0 Å². The van der Waals surface area contributed by atoms with Gasteiger partial charge in [0.15, 0.2) is 11.5 Å². The fraction of sp³-hybridized carbons (Fsp3) is 0.286. The third-order valence-electron chi connectivity index (χ3n) is 4.04. The quantitative estimate of drug-likeness (QED) is 0.620. The van der Waals surface area contributed by atoms with Gasteiger partial charge in [-0.1, -0.05) is 29.3 Å². The van der Waals surface area contributed by atoms with Gasteiger partial charge >= 0.3 is 0 Å². The molecule has 0 fully saturated rings. The van der Waals surface area contributed by atoms with Gasteiger partial charge in [-0.05, 0) is 54.8 Å². The minimum atomic E-state index is -0.216. The van der Waals surface area contributed by atoms with E-state index in [1.54, 1.807) is 44.6 Å². The zero-order valence-electron chi connectivity index (χ0n) is 16.2. The van der Waals surface area contributed by atoms with Crippen molar-refractivity contribution in [2.75, 3.05) is 21.3 Å². The van der Waals surface area contributed by atoms with Crippen molar-refractivity contribution in [3.63, 3.8) is 0 Å². The predicted octanol–water partition coefficient (Wildman–Crippen LogP) is 4.78. The molecular formula is C21H23Cl2NO4. The van der Waals surface area contributed by atoms with Gasteiger partial charge in [-0.3, -0.25) is 4.79 Å². The van der Waals surface area contributed by atoms with E-state index < -0.39 is 0 Å². The fourth-order valence-corrected chi connectivity index (χ4v) is 3.21. The van der Waals surface area contributed by atoms with Crippen molar-refractivity contribution in [3.05, 3.63) is 57.6 Å². The Hall–Kier alpha value is -2.37. The minimum Gasteiger partial charge on any atom is -0.493 e. The third kappa shape index (κ3) is 5.81.